The molecule has 1 N–H and O–H groups in total. The van der Waals surface area contributed by atoms with E-state index in [1.54, 1.807) is 40.3 Å². The fourth-order valence-electron chi connectivity index (χ4n) is 3.08. The second-order valence-electron chi connectivity index (χ2n) is 6.67. The van der Waals surface area contributed by atoms with Crippen LogP contribution in [-0.2, 0) is 6.54 Å². The monoisotopic (exact) mass is 345 g/mol. The van der Waals surface area contributed by atoms with E-state index in [0.717, 1.165) is 0 Å². The first-order chi connectivity index (χ1) is 12.0. The van der Waals surface area contributed by atoms with Crippen molar-refractivity contribution < 1.29 is 14.6 Å². The molecule has 1 saturated heterocycles. The van der Waals surface area contributed by atoms with Crippen molar-refractivity contribution in [2.24, 2.45) is 0 Å². The molecule has 8 nitrogen and oxygen atoms in total. The molecule has 1 fully saturated rings. The van der Waals surface area contributed by atoms with Crippen LogP contribution in [0.15, 0.2) is 30.7 Å². The normalized spacial score (nSPS) is 20.7. The number of ether oxygens (including phenoxy) is 1. The Bertz CT molecular complexity index is 719. The van der Waals surface area contributed by atoms with E-state index in [4.69, 9.17) is 4.74 Å². The Kier molecular flexibility index (Phi) is 4.98. The molecule has 25 heavy (non-hydrogen) atoms. The Morgan fingerprint density at radius 3 is 3.00 bits per heavy atom. The molecular weight excluding hydrogens is 322 g/mol. The number of piperidine rings is 1. The maximum absolute atomic E-state index is 12.9. The average molecular weight is 345 g/mol. The summed E-state index contributed by atoms with van der Waals surface area (Å²) in [5.74, 6) is 0.237. The maximum Gasteiger partial charge on any atom is 0.276 e. The highest BCUT2D eigenvalue weighted by Crippen LogP contribution is 2.26. The molecule has 1 amide bonds. The number of rotatable bonds is 5. The van der Waals surface area contributed by atoms with Gasteiger partial charge in [0, 0.05) is 18.9 Å². The second-order valence-corrected chi connectivity index (χ2v) is 6.67. The van der Waals surface area contributed by atoms with E-state index in [-0.39, 0.29) is 24.2 Å². The summed E-state index contributed by atoms with van der Waals surface area (Å²) >= 11 is 0. The Morgan fingerprint density at radius 1 is 1.44 bits per heavy atom. The van der Waals surface area contributed by atoms with Crippen LogP contribution in [0.4, 0.5) is 0 Å². The highest BCUT2D eigenvalue weighted by Gasteiger charge is 2.37. The van der Waals surface area contributed by atoms with Crippen LogP contribution in [0.5, 0.6) is 5.75 Å². The van der Waals surface area contributed by atoms with E-state index in [1.165, 1.54) is 0 Å². The quantitative estimate of drug-likeness (QED) is 0.873. The minimum Gasteiger partial charge on any atom is -0.489 e. The molecule has 3 rings (SSSR count). The first kappa shape index (κ1) is 17.3. The fourth-order valence-corrected chi connectivity index (χ4v) is 3.08. The van der Waals surface area contributed by atoms with E-state index in [0.29, 0.717) is 31.7 Å². The van der Waals surface area contributed by atoms with Crippen LogP contribution in [-0.4, -0.2) is 60.7 Å². The highest BCUT2D eigenvalue weighted by molar-refractivity contribution is 5.95. The molecule has 0 aromatic carbocycles. The van der Waals surface area contributed by atoms with Gasteiger partial charge in [-0.3, -0.25) is 4.79 Å². The van der Waals surface area contributed by atoms with Gasteiger partial charge in [0.15, 0.2) is 11.4 Å². The summed E-state index contributed by atoms with van der Waals surface area (Å²) in [6.07, 6.45) is 6.11. The van der Waals surface area contributed by atoms with Crippen molar-refractivity contribution in [3.63, 3.8) is 0 Å². The number of β-amino-alcohol motifs (C(OH)–C–C–N with tert-alkyl or cyclic N) is 1. The number of aromatic nitrogens is 4. The molecule has 1 aliphatic heterocycles. The molecule has 0 spiro atoms. The van der Waals surface area contributed by atoms with Gasteiger partial charge in [-0.15, -0.1) is 5.10 Å². The standard InChI is InChI=1S/C17H23N5O3/c1-13(2)25-14-5-3-7-18-15(14)16(23)21-9-4-6-17(24,11-21)12-22-10-8-19-20-22/h3,5,7-8,10,13,24H,4,6,9,11-12H2,1-2H3. The summed E-state index contributed by atoms with van der Waals surface area (Å²) in [7, 11) is 0. The van der Waals surface area contributed by atoms with E-state index in [2.05, 4.69) is 15.3 Å². The third-order valence-corrected chi connectivity index (χ3v) is 4.11. The van der Waals surface area contributed by atoms with Gasteiger partial charge in [-0.2, -0.15) is 0 Å². The lowest BCUT2D eigenvalue weighted by Gasteiger charge is -2.39. The van der Waals surface area contributed by atoms with E-state index in [9.17, 15) is 9.90 Å². The zero-order valence-electron chi connectivity index (χ0n) is 14.5. The summed E-state index contributed by atoms with van der Waals surface area (Å²) in [5.41, 5.74) is -0.753. The molecule has 134 valence electrons. The Labute approximate surface area is 146 Å². The molecule has 8 heteroatoms. The first-order valence-electron chi connectivity index (χ1n) is 8.44. The summed E-state index contributed by atoms with van der Waals surface area (Å²) in [5, 5.41) is 18.5. The van der Waals surface area contributed by atoms with Crippen molar-refractivity contribution in [2.75, 3.05) is 13.1 Å². The smallest absolute Gasteiger partial charge is 0.276 e. The number of likely N-dealkylation sites (tertiary alicyclic amines) is 1. The minimum atomic E-state index is -1.03. The number of carbonyl (C=O) groups excluding carboxylic acids is 1. The van der Waals surface area contributed by atoms with E-state index in [1.807, 2.05) is 13.8 Å². The molecule has 3 heterocycles. The number of hydrogen-bond donors (Lipinski definition) is 1. The number of carbonyl (C=O) groups is 1. The molecular formula is C17H23N5O3. The van der Waals surface area contributed by atoms with Gasteiger partial charge in [0.05, 0.1) is 25.4 Å². The summed E-state index contributed by atoms with van der Waals surface area (Å²) in [4.78, 5) is 18.8. The van der Waals surface area contributed by atoms with Crippen molar-refractivity contribution in [3.8, 4) is 5.75 Å². The predicted octanol–water partition coefficient (Wildman–Crippen LogP) is 1.13. The second kappa shape index (κ2) is 7.18. The van der Waals surface area contributed by atoms with Crippen LogP contribution in [0.25, 0.3) is 0 Å². The minimum absolute atomic E-state index is 0.0543. The van der Waals surface area contributed by atoms with Crippen LogP contribution in [0, 0.1) is 0 Å². The molecule has 1 aliphatic rings. The summed E-state index contributed by atoms with van der Waals surface area (Å²) in [6.45, 7) is 4.91. The van der Waals surface area contributed by atoms with Crippen molar-refractivity contribution >= 4 is 5.91 Å². The van der Waals surface area contributed by atoms with Crippen molar-refractivity contribution in [2.45, 2.75) is 44.9 Å². The van der Waals surface area contributed by atoms with Gasteiger partial charge in [0.2, 0.25) is 0 Å². The van der Waals surface area contributed by atoms with Crippen molar-refractivity contribution in [3.05, 3.63) is 36.4 Å². The molecule has 1 atom stereocenters. The number of pyridine rings is 1. The van der Waals surface area contributed by atoms with Gasteiger partial charge in [0.1, 0.15) is 5.60 Å². The lowest BCUT2D eigenvalue weighted by molar-refractivity contribution is -0.0389. The number of aliphatic hydroxyl groups is 1. The molecule has 0 saturated carbocycles. The Hall–Kier alpha value is -2.48. The van der Waals surface area contributed by atoms with Gasteiger partial charge in [-0.25, -0.2) is 9.67 Å². The molecule has 2 aromatic heterocycles. The van der Waals surface area contributed by atoms with Gasteiger partial charge in [-0.05, 0) is 38.8 Å². The third kappa shape index (κ3) is 4.14. The lowest BCUT2D eigenvalue weighted by atomic mass is 9.92. The molecule has 0 aliphatic carbocycles. The van der Waals surface area contributed by atoms with Crippen LogP contribution in [0.3, 0.4) is 0 Å². The number of amides is 1. The summed E-state index contributed by atoms with van der Waals surface area (Å²) < 4.78 is 7.28. The largest absolute Gasteiger partial charge is 0.489 e. The van der Waals surface area contributed by atoms with E-state index >= 15 is 0 Å². The summed E-state index contributed by atoms with van der Waals surface area (Å²) in [6, 6.07) is 3.48. The Balaban J connectivity index is 1.76. The predicted molar refractivity (Wildman–Crippen MR) is 90.1 cm³/mol. The maximum atomic E-state index is 12.9. The van der Waals surface area contributed by atoms with Gasteiger partial charge < -0.3 is 14.7 Å². The Morgan fingerprint density at radius 2 is 2.28 bits per heavy atom. The highest BCUT2D eigenvalue weighted by atomic mass is 16.5. The molecule has 2 aromatic rings. The van der Waals surface area contributed by atoms with Crippen LogP contribution in [0.2, 0.25) is 0 Å². The van der Waals surface area contributed by atoms with Crippen LogP contribution >= 0.6 is 0 Å². The third-order valence-electron chi connectivity index (χ3n) is 4.11. The number of nitrogens with zero attached hydrogens (tertiary/aromatic N) is 5. The van der Waals surface area contributed by atoms with Crippen LogP contribution < -0.4 is 4.74 Å². The van der Waals surface area contributed by atoms with Crippen molar-refractivity contribution in [1.29, 1.82) is 0 Å². The van der Waals surface area contributed by atoms with Crippen LogP contribution in [0.1, 0.15) is 37.2 Å². The first-order valence-corrected chi connectivity index (χ1v) is 8.44. The SMILES string of the molecule is CC(C)Oc1cccnc1C(=O)N1CCCC(O)(Cn2ccnn2)C1. The van der Waals surface area contributed by atoms with E-state index < -0.39 is 5.60 Å². The van der Waals surface area contributed by atoms with Gasteiger partial charge >= 0.3 is 0 Å². The molecule has 1 unspecified atom stereocenters. The van der Waals surface area contributed by atoms with Gasteiger partial charge in [0.25, 0.3) is 5.91 Å². The average Bonchev–Trinajstić information content (AvgIpc) is 3.06. The van der Waals surface area contributed by atoms with Crippen molar-refractivity contribution in [1.82, 2.24) is 24.9 Å². The van der Waals surface area contributed by atoms with Gasteiger partial charge in [-0.1, -0.05) is 5.21 Å². The molecule has 0 bridgehead atoms. The lowest BCUT2D eigenvalue weighted by Crippen LogP contribution is -2.52. The molecule has 0 radical (unpaired) electrons. The fraction of sp³-hybridized carbons (Fsp3) is 0.529. The topological polar surface area (TPSA) is 93.4 Å². The zero-order chi connectivity index (χ0) is 17.9. The zero-order valence-corrected chi connectivity index (χ0v) is 14.5. The number of hydrogen-bond acceptors (Lipinski definition) is 6.